The van der Waals surface area contributed by atoms with Gasteiger partial charge in [0.1, 0.15) is 0 Å². The summed E-state index contributed by atoms with van der Waals surface area (Å²) in [5.74, 6) is -0.296. The molecule has 1 heterocycles. The van der Waals surface area contributed by atoms with Gasteiger partial charge in [-0.25, -0.2) is 0 Å². The smallest absolute Gasteiger partial charge is 0.238 e. The molecule has 1 saturated carbocycles. The molecule has 4 atom stereocenters. The Morgan fingerprint density at radius 1 is 1.00 bits per heavy atom. The highest BCUT2D eigenvalue weighted by Crippen LogP contribution is 2.50. The van der Waals surface area contributed by atoms with Crippen LogP contribution in [0.1, 0.15) is 19.8 Å². The van der Waals surface area contributed by atoms with Gasteiger partial charge >= 0.3 is 0 Å². The van der Waals surface area contributed by atoms with Crippen LogP contribution >= 0.6 is 0 Å². The van der Waals surface area contributed by atoms with Gasteiger partial charge in [-0.1, -0.05) is 12.2 Å². The average molecular weight is 310 g/mol. The zero-order valence-corrected chi connectivity index (χ0v) is 12.9. The summed E-state index contributed by atoms with van der Waals surface area (Å²) < 4.78 is 0. The third-order valence-electron chi connectivity index (χ3n) is 5.21. The van der Waals surface area contributed by atoms with Crippen molar-refractivity contribution in [1.29, 1.82) is 0 Å². The molecule has 5 nitrogen and oxygen atoms in total. The van der Waals surface area contributed by atoms with Crippen molar-refractivity contribution < 1.29 is 14.4 Å². The van der Waals surface area contributed by atoms with Crippen LogP contribution in [0.15, 0.2) is 36.4 Å². The number of anilines is 2. The summed E-state index contributed by atoms with van der Waals surface area (Å²) >= 11 is 0. The van der Waals surface area contributed by atoms with Gasteiger partial charge in [0.2, 0.25) is 17.7 Å². The van der Waals surface area contributed by atoms with E-state index in [1.807, 2.05) is 0 Å². The molecule has 0 aromatic heterocycles. The van der Waals surface area contributed by atoms with E-state index in [1.54, 1.807) is 24.3 Å². The Hall–Kier alpha value is -2.43. The predicted octanol–water partition coefficient (Wildman–Crippen LogP) is 2.35. The highest BCUT2D eigenvalue weighted by molar-refractivity contribution is 6.22. The van der Waals surface area contributed by atoms with Gasteiger partial charge in [0.05, 0.1) is 17.5 Å². The van der Waals surface area contributed by atoms with Gasteiger partial charge in [-0.3, -0.25) is 19.3 Å². The lowest BCUT2D eigenvalue weighted by Gasteiger charge is -2.38. The summed E-state index contributed by atoms with van der Waals surface area (Å²) in [6, 6.07) is 6.86. The summed E-state index contributed by atoms with van der Waals surface area (Å²) in [6.07, 6.45) is 6.22. The Labute approximate surface area is 134 Å². The van der Waals surface area contributed by atoms with Crippen LogP contribution < -0.4 is 10.2 Å². The number of rotatable bonds is 2. The average Bonchev–Trinajstić information content (AvgIpc) is 2.83. The molecular weight excluding hydrogens is 292 g/mol. The molecule has 3 amide bonds. The first-order valence-corrected chi connectivity index (χ1v) is 8.00. The maximum Gasteiger partial charge on any atom is 0.238 e. The Balaban J connectivity index is 1.64. The molecular formula is C18H18N2O3. The first kappa shape index (κ1) is 14.2. The molecule has 1 saturated heterocycles. The predicted molar refractivity (Wildman–Crippen MR) is 85.6 cm³/mol. The van der Waals surface area contributed by atoms with E-state index < -0.39 is 0 Å². The number of nitrogens with one attached hydrogen (secondary N) is 1. The first-order chi connectivity index (χ1) is 11.1. The van der Waals surface area contributed by atoms with Crippen LogP contribution in [-0.2, 0) is 14.4 Å². The fourth-order valence-corrected chi connectivity index (χ4v) is 4.23. The van der Waals surface area contributed by atoms with Gasteiger partial charge in [-0.05, 0) is 48.9 Å². The van der Waals surface area contributed by atoms with Crippen LogP contribution in [0.2, 0.25) is 0 Å². The molecule has 1 aliphatic heterocycles. The van der Waals surface area contributed by atoms with Crippen molar-refractivity contribution >= 4 is 29.1 Å². The van der Waals surface area contributed by atoms with E-state index >= 15 is 0 Å². The number of allylic oxidation sites excluding steroid dienone is 2. The molecule has 4 aliphatic rings. The van der Waals surface area contributed by atoms with Crippen molar-refractivity contribution in [2.24, 2.45) is 23.7 Å². The molecule has 1 aromatic rings. The van der Waals surface area contributed by atoms with Crippen LogP contribution in [-0.4, -0.2) is 17.7 Å². The number of amides is 3. The molecule has 5 rings (SSSR count). The molecule has 23 heavy (non-hydrogen) atoms. The van der Waals surface area contributed by atoms with Gasteiger partial charge in [-0.15, -0.1) is 0 Å². The fraction of sp³-hybridized carbons (Fsp3) is 0.389. The molecule has 0 unspecified atom stereocenters. The number of hydrogen-bond acceptors (Lipinski definition) is 3. The van der Waals surface area contributed by atoms with Gasteiger partial charge in [0.25, 0.3) is 0 Å². The lowest BCUT2D eigenvalue weighted by atomic mass is 9.63. The highest BCUT2D eigenvalue weighted by Gasteiger charge is 2.56. The second kappa shape index (κ2) is 5.05. The highest BCUT2D eigenvalue weighted by atomic mass is 16.2. The number of fused-ring (bicyclic) bond motifs is 1. The van der Waals surface area contributed by atoms with Crippen molar-refractivity contribution in [2.45, 2.75) is 19.8 Å². The number of benzene rings is 1. The second-order valence-electron chi connectivity index (χ2n) is 6.58. The lowest BCUT2D eigenvalue weighted by Crippen LogP contribution is -2.38. The summed E-state index contributed by atoms with van der Waals surface area (Å²) in [6.45, 7) is 1.44. The number of carbonyl (C=O) groups excluding carboxylic acids is 3. The molecule has 5 heteroatoms. The van der Waals surface area contributed by atoms with Crippen molar-refractivity contribution in [3.8, 4) is 0 Å². The van der Waals surface area contributed by atoms with E-state index in [9.17, 15) is 14.4 Å². The first-order valence-electron chi connectivity index (χ1n) is 8.00. The van der Waals surface area contributed by atoms with E-state index in [4.69, 9.17) is 0 Å². The zero-order valence-electron chi connectivity index (χ0n) is 12.9. The minimum Gasteiger partial charge on any atom is -0.326 e. The van der Waals surface area contributed by atoms with E-state index in [-0.39, 0.29) is 41.4 Å². The van der Waals surface area contributed by atoms with Crippen molar-refractivity contribution in [2.75, 3.05) is 10.2 Å². The minimum absolute atomic E-state index is 0.0775. The van der Waals surface area contributed by atoms with Crippen LogP contribution in [0.25, 0.3) is 0 Å². The Kier molecular flexibility index (Phi) is 3.11. The van der Waals surface area contributed by atoms with Crippen LogP contribution in [0.4, 0.5) is 11.4 Å². The van der Waals surface area contributed by atoms with Gasteiger partial charge < -0.3 is 5.32 Å². The standard InChI is InChI=1S/C18H18N2O3/c1-10(21)19-13-6-8-14(9-7-13)20-17(22)15-11-2-3-12(5-4-11)16(15)18(20)23/h2-3,6-9,11-12,15-16H,4-5H2,1H3,(H,19,21)/t11-,12-,15+,16+/m0/s1. The molecule has 1 N–H and O–H groups in total. The van der Waals surface area contributed by atoms with E-state index in [0.29, 0.717) is 11.4 Å². The van der Waals surface area contributed by atoms with Crippen molar-refractivity contribution in [1.82, 2.24) is 0 Å². The van der Waals surface area contributed by atoms with E-state index in [2.05, 4.69) is 17.5 Å². The largest absolute Gasteiger partial charge is 0.326 e. The van der Waals surface area contributed by atoms with E-state index in [0.717, 1.165) is 12.8 Å². The zero-order chi connectivity index (χ0) is 16.1. The van der Waals surface area contributed by atoms with Gasteiger partial charge in [0, 0.05) is 12.6 Å². The molecule has 3 aliphatic carbocycles. The number of nitrogens with zero attached hydrogens (tertiary/aromatic N) is 1. The normalized spacial score (nSPS) is 31.4. The third-order valence-corrected chi connectivity index (χ3v) is 5.21. The van der Waals surface area contributed by atoms with Crippen molar-refractivity contribution in [3.63, 3.8) is 0 Å². The maximum absolute atomic E-state index is 12.8. The third kappa shape index (κ3) is 2.11. The molecule has 0 radical (unpaired) electrons. The molecule has 118 valence electrons. The molecule has 2 fully saturated rings. The fourth-order valence-electron chi connectivity index (χ4n) is 4.23. The Morgan fingerprint density at radius 2 is 1.52 bits per heavy atom. The van der Waals surface area contributed by atoms with Gasteiger partial charge in [-0.2, -0.15) is 0 Å². The van der Waals surface area contributed by atoms with Crippen LogP contribution in [0.3, 0.4) is 0 Å². The Bertz CT molecular complexity index is 690. The number of imide groups is 1. The molecule has 0 spiro atoms. The van der Waals surface area contributed by atoms with Crippen LogP contribution in [0.5, 0.6) is 0 Å². The topological polar surface area (TPSA) is 66.5 Å². The van der Waals surface area contributed by atoms with Gasteiger partial charge in [0.15, 0.2) is 0 Å². The molecule has 1 aromatic carbocycles. The van der Waals surface area contributed by atoms with E-state index in [1.165, 1.54) is 11.8 Å². The lowest BCUT2D eigenvalue weighted by molar-refractivity contribution is -0.124. The monoisotopic (exact) mass is 310 g/mol. The van der Waals surface area contributed by atoms with Crippen LogP contribution in [0, 0.1) is 23.7 Å². The maximum atomic E-state index is 12.8. The number of carbonyl (C=O) groups is 3. The van der Waals surface area contributed by atoms with Crippen molar-refractivity contribution in [3.05, 3.63) is 36.4 Å². The summed E-state index contributed by atoms with van der Waals surface area (Å²) in [7, 11) is 0. The number of hydrogen-bond donors (Lipinski definition) is 1. The summed E-state index contributed by atoms with van der Waals surface area (Å²) in [5.41, 5.74) is 1.24. The molecule has 2 bridgehead atoms. The summed E-state index contributed by atoms with van der Waals surface area (Å²) in [5, 5.41) is 2.68. The summed E-state index contributed by atoms with van der Waals surface area (Å²) in [4.78, 5) is 38.0. The second-order valence-corrected chi connectivity index (χ2v) is 6.58. The quantitative estimate of drug-likeness (QED) is 0.673. The minimum atomic E-state index is -0.193. The Morgan fingerprint density at radius 3 is 1.96 bits per heavy atom. The SMILES string of the molecule is CC(=O)Nc1ccc(N2C(=O)[C@H]3[C@H](C2=O)[C@H]2C=C[C@H]3CC2)cc1.